The largest absolute Gasteiger partial charge is 0.480 e. The van der Waals surface area contributed by atoms with Crippen molar-refractivity contribution in [2.24, 2.45) is 0 Å². The number of carboxylic acids is 1. The van der Waals surface area contributed by atoms with Crippen molar-refractivity contribution >= 4 is 23.7 Å². The van der Waals surface area contributed by atoms with Crippen LogP contribution in [0.4, 0.5) is 0 Å². The predicted molar refractivity (Wildman–Crippen MR) is 103 cm³/mol. The van der Waals surface area contributed by atoms with Gasteiger partial charge in [-0.15, -0.1) is 0 Å². The van der Waals surface area contributed by atoms with E-state index in [1.807, 2.05) is 30.3 Å². The zero-order valence-electron chi connectivity index (χ0n) is 15.9. The number of amides is 3. The summed E-state index contributed by atoms with van der Waals surface area (Å²) in [6.45, 7) is 2.02. The molecule has 0 spiro atoms. The Labute approximate surface area is 167 Å². The second kappa shape index (κ2) is 6.84. The molecule has 4 rings (SSSR count). The Kier molecular flexibility index (Phi) is 4.45. The second-order valence-electron chi connectivity index (χ2n) is 7.58. The molecular weight excluding hydrogens is 372 g/mol. The molecule has 2 aliphatic heterocycles. The number of hydrogen-bond acceptors (Lipinski definition) is 4. The first-order valence-electron chi connectivity index (χ1n) is 9.42. The van der Waals surface area contributed by atoms with Crippen LogP contribution in [0, 0.1) is 0 Å². The number of benzene rings is 2. The van der Waals surface area contributed by atoms with Gasteiger partial charge in [0.2, 0.25) is 0 Å². The van der Waals surface area contributed by atoms with Crippen LogP contribution < -0.4 is 0 Å². The Bertz CT molecular complexity index is 1030. The topological polar surface area (TPSA) is 95.0 Å². The summed E-state index contributed by atoms with van der Waals surface area (Å²) in [7, 11) is 0. The van der Waals surface area contributed by atoms with Crippen molar-refractivity contribution in [3.05, 3.63) is 70.8 Å². The summed E-state index contributed by atoms with van der Waals surface area (Å²) in [5.74, 6) is -2.35. The van der Waals surface area contributed by atoms with Gasteiger partial charge in [0.05, 0.1) is 17.7 Å². The van der Waals surface area contributed by atoms with E-state index >= 15 is 0 Å². The standard InChI is InChI=1S/C22H20N2O5/c1-22(21(28)29)10-5-11-24(22)18(25)15-8-9-16-17(12-15)20(27)23(19(16)26)13-14-6-3-2-4-7-14/h2-4,6-9,12H,5,10-11,13H2,1H3,(H,28,29). The first kappa shape index (κ1) is 18.9. The molecular formula is C22H20N2O5. The molecule has 7 nitrogen and oxygen atoms in total. The van der Waals surface area contributed by atoms with Gasteiger partial charge in [0, 0.05) is 12.1 Å². The quantitative estimate of drug-likeness (QED) is 0.807. The van der Waals surface area contributed by atoms with E-state index in [1.54, 1.807) is 0 Å². The van der Waals surface area contributed by atoms with Crippen molar-refractivity contribution in [1.29, 1.82) is 0 Å². The predicted octanol–water partition coefficient (Wildman–Crippen LogP) is 2.56. The lowest BCUT2D eigenvalue weighted by Gasteiger charge is -2.31. The van der Waals surface area contributed by atoms with Crippen LogP contribution in [0.15, 0.2) is 48.5 Å². The van der Waals surface area contributed by atoms with Crippen LogP contribution in [0.2, 0.25) is 0 Å². The fraction of sp³-hybridized carbons (Fsp3) is 0.273. The van der Waals surface area contributed by atoms with Crippen LogP contribution in [0.1, 0.15) is 56.4 Å². The number of likely N-dealkylation sites (tertiary alicyclic amines) is 1. The molecule has 0 saturated carbocycles. The molecule has 2 aliphatic rings. The number of aliphatic carboxylic acids is 1. The molecule has 2 aromatic rings. The third-order valence-electron chi connectivity index (χ3n) is 5.75. The van der Waals surface area contributed by atoms with E-state index in [0.29, 0.717) is 19.4 Å². The Hall–Kier alpha value is -3.48. The summed E-state index contributed by atoms with van der Waals surface area (Å²) >= 11 is 0. The number of fused-ring (bicyclic) bond motifs is 1. The molecule has 1 atom stereocenters. The van der Waals surface area contributed by atoms with Gasteiger partial charge in [-0.2, -0.15) is 0 Å². The maximum atomic E-state index is 13.0. The minimum absolute atomic E-state index is 0.152. The van der Waals surface area contributed by atoms with E-state index in [9.17, 15) is 24.3 Å². The molecule has 2 aromatic carbocycles. The molecule has 0 aliphatic carbocycles. The Balaban J connectivity index is 1.62. The Morgan fingerprint density at radius 1 is 1.03 bits per heavy atom. The molecule has 2 heterocycles. The molecule has 148 valence electrons. The molecule has 1 fully saturated rings. The van der Waals surface area contributed by atoms with Gasteiger partial charge in [0.15, 0.2) is 0 Å². The lowest BCUT2D eigenvalue weighted by Crippen LogP contribution is -2.50. The summed E-state index contributed by atoms with van der Waals surface area (Å²) in [5, 5.41) is 9.55. The van der Waals surface area contributed by atoms with E-state index in [2.05, 4.69) is 0 Å². The Morgan fingerprint density at radius 3 is 2.41 bits per heavy atom. The molecule has 0 aromatic heterocycles. The highest BCUT2D eigenvalue weighted by atomic mass is 16.4. The van der Waals surface area contributed by atoms with Gasteiger partial charge in [-0.3, -0.25) is 19.3 Å². The summed E-state index contributed by atoms with van der Waals surface area (Å²) in [6, 6.07) is 13.5. The zero-order chi connectivity index (χ0) is 20.8. The SMILES string of the molecule is CC1(C(=O)O)CCCN1C(=O)c1ccc2c(c1)C(=O)N(Cc1ccccc1)C2=O. The summed E-state index contributed by atoms with van der Waals surface area (Å²) in [4.78, 5) is 52.6. The van der Waals surface area contributed by atoms with Gasteiger partial charge in [-0.25, -0.2) is 4.79 Å². The Morgan fingerprint density at radius 2 is 1.72 bits per heavy atom. The lowest BCUT2D eigenvalue weighted by molar-refractivity contribution is -0.147. The lowest BCUT2D eigenvalue weighted by atomic mass is 9.98. The molecule has 7 heteroatoms. The molecule has 1 N–H and O–H groups in total. The highest BCUT2D eigenvalue weighted by Gasteiger charge is 2.46. The normalized spacial score (nSPS) is 20.9. The number of carbonyl (C=O) groups is 4. The van der Waals surface area contributed by atoms with E-state index in [1.165, 1.54) is 30.0 Å². The van der Waals surface area contributed by atoms with Crippen LogP contribution >= 0.6 is 0 Å². The minimum Gasteiger partial charge on any atom is -0.480 e. The van der Waals surface area contributed by atoms with E-state index < -0.39 is 29.2 Å². The third kappa shape index (κ3) is 2.99. The second-order valence-corrected chi connectivity index (χ2v) is 7.58. The fourth-order valence-electron chi connectivity index (χ4n) is 4.00. The zero-order valence-corrected chi connectivity index (χ0v) is 15.9. The molecule has 3 amide bonds. The average Bonchev–Trinajstić information content (AvgIpc) is 3.23. The van der Waals surface area contributed by atoms with Crippen molar-refractivity contribution < 1.29 is 24.3 Å². The number of rotatable bonds is 4. The van der Waals surface area contributed by atoms with E-state index in [0.717, 1.165) is 10.5 Å². The van der Waals surface area contributed by atoms with Gasteiger partial charge in [0.25, 0.3) is 17.7 Å². The number of carboxylic acid groups (broad SMARTS) is 1. The maximum absolute atomic E-state index is 13.0. The number of carbonyl (C=O) groups excluding carboxylic acids is 3. The molecule has 0 radical (unpaired) electrons. The van der Waals surface area contributed by atoms with Crippen LogP contribution in [0.25, 0.3) is 0 Å². The highest BCUT2D eigenvalue weighted by Crippen LogP contribution is 2.32. The molecule has 1 saturated heterocycles. The van der Waals surface area contributed by atoms with Gasteiger partial charge in [-0.05, 0) is 43.5 Å². The maximum Gasteiger partial charge on any atom is 0.329 e. The van der Waals surface area contributed by atoms with E-state index in [4.69, 9.17) is 0 Å². The first-order valence-corrected chi connectivity index (χ1v) is 9.42. The van der Waals surface area contributed by atoms with Gasteiger partial charge in [-0.1, -0.05) is 30.3 Å². The van der Waals surface area contributed by atoms with Crippen LogP contribution in [0.3, 0.4) is 0 Å². The summed E-state index contributed by atoms with van der Waals surface area (Å²) < 4.78 is 0. The number of nitrogens with zero attached hydrogens (tertiary/aromatic N) is 2. The van der Waals surface area contributed by atoms with Gasteiger partial charge < -0.3 is 10.0 Å². The third-order valence-corrected chi connectivity index (χ3v) is 5.75. The minimum atomic E-state index is -1.27. The molecule has 0 bridgehead atoms. The molecule has 1 unspecified atom stereocenters. The summed E-state index contributed by atoms with van der Waals surface area (Å²) in [5.41, 5.74) is 0.196. The monoisotopic (exact) mass is 392 g/mol. The summed E-state index contributed by atoms with van der Waals surface area (Å²) in [6.07, 6.45) is 0.975. The van der Waals surface area contributed by atoms with Crippen molar-refractivity contribution in [3.63, 3.8) is 0 Å². The average molecular weight is 392 g/mol. The number of imide groups is 1. The van der Waals surface area contributed by atoms with Crippen molar-refractivity contribution in [2.45, 2.75) is 31.8 Å². The van der Waals surface area contributed by atoms with Crippen molar-refractivity contribution in [2.75, 3.05) is 6.54 Å². The molecule has 29 heavy (non-hydrogen) atoms. The van der Waals surface area contributed by atoms with Gasteiger partial charge in [0.1, 0.15) is 5.54 Å². The number of hydrogen-bond donors (Lipinski definition) is 1. The van der Waals surface area contributed by atoms with Crippen LogP contribution in [-0.2, 0) is 11.3 Å². The smallest absolute Gasteiger partial charge is 0.329 e. The van der Waals surface area contributed by atoms with Gasteiger partial charge >= 0.3 is 5.97 Å². The van der Waals surface area contributed by atoms with Crippen molar-refractivity contribution in [1.82, 2.24) is 9.80 Å². The van der Waals surface area contributed by atoms with Crippen molar-refractivity contribution in [3.8, 4) is 0 Å². The first-order chi connectivity index (χ1) is 13.8. The fourth-order valence-corrected chi connectivity index (χ4v) is 4.00. The van der Waals surface area contributed by atoms with E-state index in [-0.39, 0.29) is 23.2 Å². The highest BCUT2D eigenvalue weighted by molar-refractivity contribution is 6.22. The van der Waals surface area contributed by atoms with Crippen LogP contribution in [0.5, 0.6) is 0 Å². The van der Waals surface area contributed by atoms with Crippen LogP contribution in [-0.4, -0.2) is 50.7 Å².